The van der Waals surface area contributed by atoms with Crippen molar-refractivity contribution in [1.82, 2.24) is 19.4 Å². The molecule has 42 heavy (non-hydrogen) atoms. The Kier molecular flexibility index (Phi) is 6.76. The van der Waals surface area contributed by atoms with Crippen LogP contribution in [0.2, 0.25) is 0 Å². The Morgan fingerprint density at radius 3 is 2.81 bits per heavy atom. The quantitative estimate of drug-likeness (QED) is 0.217. The van der Waals surface area contributed by atoms with Gasteiger partial charge in [0.25, 0.3) is 5.91 Å². The van der Waals surface area contributed by atoms with Crippen LogP contribution < -0.4 is 26.7 Å². The molecule has 1 saturated carbocycles. The molecule has 2 fully saturated rings. The maximum Gasteiger partial charge on any atom is 0.256 e. The highest BCUT2D eigenvalue weighted by Crippen LogP contribution is 2.37. The molecule has 5 aromatic heterocycles. The number of hydrogen-bond acceptors (Lipinski definition) is 13. The Balaban J connectivity index is 1.23. The van der Waals surface area contributed by atoms with E-state index in [-0.39, 0.29) is 28.4 Å². The van der Waals surface area contributed by atoms with Gasteiger partial charge in [-0.2, -0.15) is 4.98 Å². The van der Waals surface area contributed by atoms with Crippen molar-refractivity contribution in [2.45, 2.75) is 37.8 Å². The predicted molar refractivity (Wildman–Crippen MR) is 156 cm³/mol. The second-order valence-electron chi connectivity index (χ2n) is 10.3. The minimum atomic E-state index is -0.701. The molecular formula is C27H28N8O6S. The van der Waals surface area contributed by atoms with E-state index in [4.69, 9.17) is 19.3 Å². The van der Waals surface area contributed by atoms with E-state index in [9.17, 15) is 14.7 Å². The highest BCUT2D eigenvalue weighted by molar-refractivity contribution is 7.19. The third-order valence-electron chi connectivity index (χ3n) is 7.57. The zero-order valence-corrected chi connectivity index (χ0v) is 23.2. The number of rotatable bonds is 7. The van der Waals surface area contributed by atoms with Crippen molar-refractivity contribution in [1.29, 1.82) is 0 Å². The lowest BCUT2D eigenvalue weighted by Crippen LogP contribution is -2.37. The highest BCUT2D eigenvalue weighted by atomic mass is 32.1. The zero-order valence-electron chi connectivity index (χ0n) is 22.4. The summed E-state index contributed by atoms with van der Waals surface area (Å²) in [5, 5.41) is 18.1. The number of thiazole rings is 1. The van der Waals surface area contributed by atoms with E-state index >= 15 is 0 Å². The number of fused-ring (bicyclic) bond motifs is 2. The summed E-state index contributed by atoms with van der Waals surface area (Å²) in [7, 11) is 0. The van der Waals surface area contributed by atoms with Crippen LogP contribution in [-0.2, 0) is 4.74 Å². The number of furan rings is 1. The Hall–Kier alpha value is -4.47. The van der Waals surface area contributed by atoms with Gasteiger partial charge < -0.3 is 39.9 Å². The van der Waals surface area contributed by atoms with Crippen molar-refractivity contribution < 1.29 is 23.5 Å². The van der Waals surface area contributed by atoms with Gasteiger partial charge in [0.1, 0.15) is 21.8 Å². The molecule has 7 rings (SSSR count). The number of carbonyl (C=O) groups is 1. The topological polar surface area (TPSA) is 186 Å². The Morgan fingerprint density at radius 1 is 1.17 bits per heavy atom. The first-order valence-corrected chi connectivity index (χ1v) is 14.5. The van der Waals surface area contributed by atoms with Crippen molar-refractivity contribution in [2.24, 2.45) is 5.73 Å². The van der Waals surface area contributed by atoms with Gasteiger partial charge >= 0.3 is 0 Å². The van der Waals surface area contributed by atoms with Gasteiger partial charge in [0.15, 0.2) is 22.9 Å². The third-order valence-corrected chi connectivity index (χ3v) is 8.51. The maximum absolute atomic E-state index is 12.8. The number of anilines is 4. The van der Waals surface area contributed by atoms with Crippen LogP contribution in [0.4, 0.5) is 22.7 Å². The first kappa shape index (κ1) is 26.4. The number of nitrogens with two attached hydrogens (primary N) is 1. The van der Waals surface area contributed by atoms with E-state index in [1.807, 2.05) is 4.90 Å². The van der Waals surface area contributed by atoms with Crippen LogP contribution in [0, 0.1) is 0 Å². The lowest BCUT2D eigenvalue weighted by Gasteiger charge is -2.29. The van der Waals surface area contributed by atoms with E-state index in [0.29, 0.717) is 71.4 Å². The van der Waals surface area contributed by atoms with Crippen molar-refractivity contribution in [3.63, 3.8) is 0 Å². The lowest BCUT2D eigenvalue weighted by molar-refractivity contribution is 0.100. The van der Waals surface area contributed by atoms with E-state index in [2.05, 4.69) is 25.6 Å². The molecule has 1 saturated heterocycles. The summed E-state index contributed by atoms with van der Waals surface area (Å²) in [6, 6.07) is 1.24. The minimum absolute atomic E-state index is 0.106. The average molecular weight is 593 g/mol. The first-order valence-electron chi connectivity index (χ1n) is 13.7. The summed E-state index contributed by atoms with van der Waals surface area (Å²) in [4.78, 5) is 40.9. The molecule has 1 amide bonds. The van der Waals surface area contributed by atoms with Gasteiger partial charge in [-0.1, -0.05) is 24.2 Å². The van der Waals surface area contributed by atoms with Crippen LogP contribution in [0.5, 0.6) is 0 Å². The molecule has 1 aliphatic carbocycles. The molecule has 0 spiro atoms. The molecular weight excluding hydrogens is 564 g/mol. The summed E-state index contributed by atoms with van der Waals surface area (Å²) in [5.74, 6) is 0.361. The summed E-state index contributed by atoms with van der Waals surface area (Å²) in [6.07, 6.45) is 9.22. The van der Waals surface area contributed by atoms with Gasteiger partial charge in [0.2, 0.25) is 17.0 Å². The van der Waals surface area contributed by atoms with Gasteiger partial charge in [0.05, 0.1) is 43.2 Å². The summed E-state index contributed by atoms with van der Waals surface area (Å²) < 4.78 is 18.8. The Labute approximate surface area is 242 Å². The molecule has 0 bridgehead atoms. The standard InChI is InChI=1S/C27H28N8O6S/c28-23(38)20-24(33-27(35-6-5-29-25(20)35)31-15-3-1-2-4-16(15)36)32-18-12-30-26(42-18)14-13-40-22-17(37)11-19(41-21(14)22)34-7-9-39-10-8-34/h5-6,11-13,15-16,32,36H,1-4,7-10H2,(H2,28,38)(H,31,33)/t15-,16+/m1/s1. The number of aliphatic hydroxyl groups excluding tert-OH is 1. The number of carbonyl (C=O) groups excluding carboxylic acids is 1. The number of nitrogens with one attached hydrogen (secondary N) is 2. The number of primary amides is 1. The van der Waals surface area contributed by atoms with Crippen LogP contribution in [0.25, 0.3) is 27.4 Å². The fourth-order valence-electron chi connectivity index (χ4n) is 5.44. The number of aromatic nitrogens is 4. The monoisotopic (exact) mass is 592 g/mol. The summed E-state index contributed by atoms with van der Waals surface area (Å²) >= 11 is 1.26. The van der Waals surface area contributed by atoms with Gasteiger partial charge in [-0.25, -0.2) is 9.97 Å². The second kappa shape index (κ2) is 10.7. The van der Waals surface area contributed by atoms with E-state index in [1.54, 1.807) is 23.0 Å². The molecule has 0 unspecified atom stereocenters. The van der Waals surface area contributed by atoms with Crippen LogP contribution >= 0.6 is 11.3 Å². The van der Waals surface area contributed by atoms with Crippen molar-refractivity contribution in [2.75, 3.05) is 41.8 Å². The van der Waals surface area contributed by atoms with Crippen molar-refractivity contribution in [3.8, 4) is 10.6 Å². The molecule has 5 aromatic rings. The van der Waals surface area contributed by atoms with E-state index in [0.717, 1.165) is 19.3 Å². The zero-order chi connectivity index (χ0) is 28.8. The van der Waals surface area contributed by atoms with Crippen LogP contribution in [0.15, 0.2) is 44.5 Å². The number of nitrogens with zero attached hydrogens (tertiary/aromatic N) is 5. The molecule has 0 radical (unpaired) electrons. The molecule has 2 atom stereocenters. The van der Waals surface area contributed by atoms with Gasteiger partial charge in [-0.15, -0.1) is 0 Å². The molecule has 218 valence electrons. The van der Waals surface area contributed by atoms with E-state index in [1.165, 1.54) is 23.7 Å². The largest absolute Gasteiger partial charge is 0.456 e. The number of imidazole rings is 1. The number of amides is 1. The summed E-state index contributed by atoms with van der Waals surface area (Å²) in [6.45, 7) is 2.32. The number of morpholine rings is 1. The predicted octanol–water partition coefficient (Wildman–Crippen LogP) is 2.95. The lowest BCUT2D eigenvalue weighted by atomic mass is 9.93. The minimum Gasteiger partial charge on any atom is -0.456 e. The third kappa shape index (κ3) is 4.74. The second-order valence-corrected chi connectivity index (χ2v) is 11.3. The van der Waals surface area contributed by atoms with Crippen molar-refractivity contribution >= 4 is 56.7 Å². The average Bonchev–Trinajstić information content (AvgIpc) is 3.75. The number of hydrogen-bond donors (Lipinski definition) is 4. The number of ether oxygens (including phenoxy) is 1. The Morgan fingerprint density at radius 2 is 2.00 bits per heavy atom. The maximum atomic E-state index is 12.8. The molecule has 0 aromatic carbocycles. The van der Waals surface area contributed by atoms with Crippen molar-refractivity contribution in [3.05, 3.63) is 46.7 Å². The Bertz CT molecular complexity index is 1840. The first-order chi connectivity index (χ1) is 20.5. The fourth-order valence-corrected chi connectivity index (χ4v) is 6.25. The molecule has 1 aliphatic heterocycles. The smallest absolute Gasteiger partial charge is 0.256 e. The molecule has 6 heterocycles. The van der Waals surface area contributed by atoms with Gasteiger partial charge in [0, 0.05) is 25.5 Å². The van der Waals surface area contributed by atoms with Crippen LogP contribution in [0.3, 0.4) is 0 Å². The van der Waals surface area contributed by atoms with E-state index < -0.39 is 12.0 Å². The highest BCUT2D eigenvalue weighted by Gasteiger charge is 2.27. The van der Waals surface area contributed by atoms with Crippen LogP contribution in [-0.4, -0.2) is 68.8 Å². The molecule has 5 N–H and O–H groups in total. The molecule has 14 nitrogen and oxygen atoms in total. The van der Waals surface area contributed by atoms with Gasteiger partial charge in [-0.3, -0.25) is 14.0 Å². The fraction of sp³-hybridized carbons (Fsp3) is 0.370. The normalized spacial score (nSPS) is 19.4. The number of aliphatic hydroxyl groups is 1. The molecule has 15 heteroatoms. The van der Waals surface area contributed by atoms with Crippen LogP contribution in [0.1, 0.15) is 36.0 Å². The van der Waals surface area contributed by atoms with Gasteiger partial charge in [-0.05, 0) is 12.8 Å². The SMILES string of the molecule is NC(=O)c1c(Nc2cnc(-c3coc4c(=O)cc(N5CCOCC5)oc34)s2)nc(N[C@@H]2CCCC[C@@H]2O)n2ccnc12. The molecule has 2 aliphatic rings. The summed E-state index contributed by atoms with van der Waals surface area (Å²) in [5.41, 5.74) is 6.86.